The van der Waals surface area contributed by atoms with E-state index in [2.05, 4.69) is 20.9 Å². The van der Waals surface area contributed by atoms with Crippen LogP contribution in [0, 0.1) is 24.0 Å². The van der Waals surface area contributed by atoms with E-state index in [1.54, 1.807) is 31.2 Å². The number of benzene rings is 3. The maximum Gasteiger partial charge on any atom is 0.363 e. The Hall–Kier alpha value is -3.98. The summed E-state index contributed by atoms with van der Waals surface area (Å²) < 4.78 is 17.9. The SMILES string of the molecule is CCOc1cc(/C=C2\N=C(c3cccc([N+](=O)[O-])c3C)OC2=O)cc(Br)c1OCc1ccccc1C. The highest BCUT2D eigenvalue weighted by atomic mass is 79.9. The fourth-order valence-corrected chi connectivity index (χ4v) is 4.31. The number of carbonyl (C=O) groups excluding carboxylic acids is 1. The van der Waals surface area contributed by atoms with Gasteiger partial charge in [-0.25, -0.2) is 9.79 Å². The Morgan fingerprint density at radius 2 is 1.89 bits per heavy atom. The van der Waals surface area contributed by atoms with Crippen LogP contribution in [0.4, 0.5) is 5.69 Å². The van der Waals surface area contributed by atoms with Gasteiger partial charge in [0.15, 0.2) is 17.2 Å². The van der Waals surface area contributed by atoms with Gasteiger partial charge in [0.1, 0.15) is 6.61 Å². The fraction of sp³-hybridized carbons (Fsp3) is 0.185. The van der Waals surface area contributed by atoms with Crippen molar-refractivity contribution in [2.24, 2.45) is 4.99 Å². The Labute approximate surface area is 216 Å². The van der Waals surface area contributed by atoms with E-state index in [-0.39, 0.29) is 17.3 Å². The molecule has 0 spiro atoms. The number of hydrogen-bond acceptors (Lipinski definition) is 7. The molecule has 0 atom stereocenters. The van der Waals surface area contributed by atoms with E-state index in [4.69, 9.17) is 14.2 Å². The fourth-order valence-electron chi connectivity index (χ4n) is 3.73. The molecule has 184 valence electrons. The highest BCUT2D eigenvalue weighted by Crippen LogP contribution is 2.38. The van der Waals surface area contributed by atoms with Gasteiger partial charge in [0.05, 0.1) is 16.0 Å². The molecule has 1 heterocycles. The molecule has 4 rings (SSSR count). The van der Waals surface area contributed by atoms with Crippen LogP contribution in [-0.2, 0) is 16.1 Å². The first kappa shape index (κ1) is 25.1. The summed E-state index contributed by atoms with van der Waals surface area (Å²) in [6.45, 7) is 6.28. The number of aryl methyl sites for hydroxylation is 1. The lowest BCUT2D eigenvalue weighted by Crippen LogP contribution is -2.08. The summed E-state index contributed by atoms with van der Waals surface area (Å²) in [6, 6.07) is 16.1. The predicted octanol–water partition coefficient (Wildman–Crippen LogP) is 6.30. The monoisotopic (exact) mass is 550 g/mol. The summed E-state index contributed by atoms with van der Waals surface area (Å²) >= 11 is 3.55. The Morgan fingerprint density at radius 3 is 2.61 bits per heavy atom. The second kappa shape index (κ2) is 10.7. The van der Waals surface area contributed by atoms with E-state index in [1.165, 1.54) is 12.1 Å². The summed E-state index contributed by atoms with van der Waals surface area (Å²) in [5, 5.41) is 11.3. The van der Waals surface area contributed by atoms with Crippen LogP contribution >= 0.6 is 15.9 Å². The Bertz CT molecular complexity index is 1410. The molecule has 0 fully saturated rings. The third kappa shape index (κ3) is 5.31. The molecule has 36 heavy (non-hydrogen) atoms. The average Bonchev–Trinajstić information content (AvgIpc) is 3.19. The molecular weight excluding hydrogens is 528 g/mol. The number of nitro groups is 1. The van der Waals surface area contributed by atoms with Crippen LogP contribution in [-0.4, -0.2) is 23.4 Å². The van der Waals surface area contributed by atoms with E-state index in [1.807, 2.05) is 38.1 Å². The van der Waals surface area contributed by atoms with Crippen molar-refractivity contribution in [2.45, 2.75) is 27.4 Å². The van der Waals surface area contributed by atoms with Crippen molar-refractivity contribution in [3.63, 3.8) is 0 Å². The molecule has 0 bridgehead atoms. The van der Waals surface area contributed by atoms with Crippen molar-refractivity contribution >= 4 is 39.6 Å². The number of carbonyl (C=O) groups is 1. The number of hydrogen-bond donors (Lipinski definition) is 0. The van der Waals surface area contributed by atoms with Crippen molar-refractivity contribution in [1.82, 2.24) is 0 Å². The van der Waals surface area contributed by atoms with Crippen LogP contribution in [0.3, 0.4) is 0 Å². The minimum atomic E-state index is -0.648. The van der Waals surface area contributed by atoms with Crippen LogP contribution in [0.25, 0.3) is 6.08 Å². The first-order valence-electron chi connectivity index (χ1n) is 11.2. The second-order valence-corrected chi connectivity index (χ2v) is 8.88. The van der Waals surface area contributed by atoms with Gasteiger partial charge in [0.25, 0.3) is 5.69 Å². The van der Waals surface area contributed by atoms with Crippen LogP contribution in [0.5, 0.6) is 11.5 Å². The highest BCUT2D eigenvalue weighted by molar-refractivity contribution is 9.10. The molecule has 0 aromatic heterocycles. The van der Waals surface area contributed by atoms with E-state index >= 15 is 0 Å². The Balaban J connectivity index is 1.65. The number of nitrogens with zero attached hydrogens (tertiary/aromatic N) is 2. The Morgan fingerprint density at radius 1 is 1.11 bits per heavy atom. The third-order valence-electron chi connectivity index (χ3n) is 5.62. The standard InChI is InChI=1S/C27H23BrN2O6/c1-4-34-24-14-18(12-21(28)25(24)35-15-19-9-6-5-8-16(19)2)13-22-27(31)36-26(29-22)20-10-7-11-23(17(20)3)30(32)33/h5-14H,4,15H2,1-3H3/b22-13-. The average molecular weight is 551 g/mol. The van der Waals surface area contributed by atoms with Crippen molar-refractivity contribution in [3.8, 4) is 11.5 Å². The topological polar surface area (TPSA) is 100 Å². The molecule has 0 amide bonds. The molecule has 1 aliphatic heterocycles. The minimum Gasteiger partial charge on any atom is -0.490 e. The van der Waals surface area contributed by atoms with Gasteiger partial charge in [-0.1, -0.05) is 30.3 Å². The van der Waals surface area contributed by atoms with Gasteiger partial charge in [-0.15, -0.1) is 0 Å². The zero-order chi connectivity index (χ0) is 25.8. The van der Waals surface area contributed by atoms with Crippen molar-refractivity contribution in [3.05, 3.63) is 103 Å². The van der Waals surface area contributed by atoms with E-state index < -0.39 is 10.9 Å². The first-order chi connectivity index (χ1) is 17.3. The van der Waals surface area contributed by atoms with Gasteiger partial charge in [-0.05, 0) is 77.7 Å². The minimum absolute atomic E-state index is 0.0229. The molecule has 0 radical (unpaired) electrons. The van der Waals surface area contributed by atoms with Gasteiger partial charge < -0.3 is 14.2 Å². The maximum absolute atomic E-state index is 12.5. The lowest BCUT2D eigenvalue weighted by atomic mass is 10.1. The largest absolute Gasteiger partial charge is 0.490 e. The molecule has 3 aromatic rings. The lowest BCUT2D eigenvalue weighted by molar-refractivity contribution is -0.385. The lowest BCUT2D eigenvalue weighted by Gasteiger charge is -2.15. The third-order valence-corrected chi connectivity index (χ3v) is 6.21. The van der Waals surface area contributed by atoms with Crippen LogP contribution in [0.1, 0.15) is 34.7 Å². The summed E-state index contributed by atoms with van der Waals surface area (Å²) in [7, 11) is 0. The molecule has 3 aromatic carbocycles. The smallest absolute Gasteiger partial charge is 0.363 e. The van der Waals surface area contributed by atoms with Crippen LogP contribution in [0.15, 0.2) is 69.8 Å². The van der Waals surface area contributed by atoms with E-state index in [0.717, 1.165) is 11.1 Å². The van der Waals surface area contributed by atoms with Gasteiger partial charge in [-0.3, -0.25) is 10.1 Å². The number of rotatable bonds is 8. The summed E-state index contributed by atoms with van der Waals surface area (Å²) in [5.41, 5.74) is 3.57. The van der Waals surface area contributed by atoms with Gasteiger partial charge >= 0.3 is 5.97 Å². The van der Waals surface area contributed by atoms with E-state index in [0.29, 0.717) is 45.9 Å². The molecule has 0 saturated heterocycles. The van der Waals surface area contributed by atoms with Gasteiger partial charge in [0, 0.05) is 17.2 Å². The molecule has 0 N–H and O–H groups in total. The number of nitro benzene ring substituents is 1. The summed E-state index contributed by atoms with van der Waals surface area (Å²) in [4.78, 5) is 27.6. The zero-order valence-electron chi connectivity index (χ0n) is 19.9. The molecule has 8 nitrogen and oxygen atoms in total. The molecule has 0 unspecified atom stereocenters. The molecule has 9 heteroatoms. The molecular formula is C27H23BrN2O6. The summed E-state index contributed by atoms with van der Waals surface area (Å²) in [6.07, 6.45) is 1.57. The van der Waals surface area contributed by atoms with Crippen molar-refractivity contribution in [2.75, 3.05) is 6.61 Å². The van der Waals surface area contributed by atoms with Crippen molar-refractivity contribution in [1.29, 1.82) is 0 Å². The highest BCUT2D eigenvalue weighted by Gasteiger charge is 2.27. The predicted molar refractivity (Wildman–Crippen MR) is 139 cm³/mol. The number of esters is 1. The van der Waals surface area contributed by atoms with Crippen LogP contribution in [0.2, 0.25) is 0 Å². The number of ether oxygens (including phenoxy) is 3. The number of aliphatic imine (C=N–C) groups is 1. The first-order valence-corrected chi connectivity index (χ1v) is 12.0. The molecule has 0 saturated carbocycles. The Kier molecular flexibility index (Phi) is 7.49. The van der Waals surface area contributed by atoms with Gasteiger partial charge in [-0.2, -0.15) is 0 Å². The van der Waals surface area contributed by atoms with Gasteiger partial charge in [0.2, 0.25) is 5.90 Å². The second-order valence-electron chi connectivity index (χ2n) is 8.02. The van der Waals surface area contributed by atoms with E-state index in [9.17, 15) is 14.9 Å². The van der Waals surface area contributed by atoms with Crippen LogP contribution < -0.4 is 9.47 Å². The number of cyclic esters (lactones) is 1. The zero-order valence-corrected chi connectivity index (χ0v) is 21.5. The maximum atomic E-state index is 12.5. The van der Waals surface area contributed by atoms with Crippen molar-refractivity contribution < 1.29 is 23.9 Å². The molecule has 1 aliphatic rings. The normalized spacial score (nSPS) is 13.9. The summed E-state index contributed by atoms with van der Waals surface area (Å²) in [5.74, 6) is 0.435. The number of halogens is 1. The quantitative estimate of drug-likeness (QED) is 0.141. The molecule has 0 aliphatic carbocycles.